The van der Waals surface area contributed by atoms with Crippen molar-refractivity contribution in [2.24, 2.45) is 22.7 Å². The first kappa shape index (κ1) is 27.1. The summed E-state index contributed by atoms with van der Waals surface area (Å²) in [4.78, 5) is 55.0. The highest BCUT2D eigenvalue weighted by Gasteiger charge is 2.70. The zero-order chi connectivity index (χ0) is 28.3. The molecule has 10 heteroatoms. The molecule has 0 spiro atoms. The summed E-state index contributed by atoms with van der Waals surface area (Å²) >= 11 is 0. The predicted octanol–water partition coefficient (Wildman–Crippen LogP) is 3.39. The minimum absolute atomic E-state index is 0.0383. The summed E-state index contributed by atoms with van der Waals surface area (Å²) in [5.41, 5.74) is -3.35. The van der Waals surface area contributed by atoms with Crippen LogP contribution in [0.5, 0.6) is 5.75 Å². The van der Waals surface area contributed by atoms with Gasteiger partial charge in [-0.2, -0.15) is 0 Å². The van der Waals surface area contributed by atoms with Crippen molar-refractivity contribution in [3.63, 3.8) is 0 Å². The van der Waals surface area contributed by atoms with Gasteiger partial charge in [0, 0.05) is 55.6 Å². The van der Waals surface area contributed by atoms with Crippen molar-refractivity contribution in [1.82, 2.24) is 4.98 Å². The number of hydrogen-bond donors (Lipinski definition) is 1. The van der Waals surface area contributed by atoms with E-state index in [4.69, 9.17) is 18.6 Å². The number of Topliss-reactive ketones (excluding diaryl/α,β-unsaturated/α-hetero) is 1. The van der Waals surface area contributed by atoms with Crippen LogP contribution in [-0.2, 0) is 23.9 Å². The predicted molar refractivity (Wildman–Crippen MR) is 136 cm³/mol. The maximum absolute atomic E-state index is 13.9. The second-order valence-corrected chi connectivity index (χ2v) is 11.7. The third-order valence-electron chi connectivity index (χ3n) is 9.24. The number of nitrogens with zero attached hydrogens (tertiary/aromatic N) is 1. The van der Waals surface area contributed by atoms with E-state index in [0.717, 1.165) is 0 Å². The highest BCUT2D eigenvalue weighted by atomic mass is 16.6. The Morgan fingerprint density at radius 1 is 1.18 bits per heavy atom. The lowest BCUT2D eigenvalue weighted by atomic mass is 9.43. The van der Waals surface area contributed by atoms with Gasteiger partial charge in [-0.25, -0.2) is 4.79 Å². The second kappa shape index (κ2) is 9.29. The molecule has 2 unspecified atom stereocenters. The highest BCUT2D eigenvalue weighted by molar-refractivity contribution is 5.90. The van der Waals surface area contributed by atoms with Gasteiger partial charge in [0.15, 0.2) is 11.4 Å². The van der Waals surface area contributed by atoms with Gasteiger partial charge in [0.2, 0.25) is 0 Å². The molecule has 2 fully saturated rings. The van der Waals surface area contributed by atoms with Crippen LogP contribution < -0.4 is 10.4 Å². The Morgan fingerprint density at radius 2 is 1.92 bits per heavy atom. The molecule has 0 bridgehead atoms. The maximum atomic E-state index is 13.9. The number of ketones is 1. The largest absolute Gasteiger partial charge is 0.479 e. The monoisotopic (exact) mass is 539 g/mol. The van der Waals surface area contributed by atoms with Gasteiger partial charge in [0.25, 0.3) is 0 Å². The van der Waals surface area contributed by atoms with E-state index in [1.165, 1.54) is 26.1 Å². The average molecular weight is 540 g/mol. The molecular formula is C29H33NO9. The van der Waals surface area contributed by atoms with Crippen molar-refractivity contribution < 1.29 is 38.1 Å². The standard InChI is InChI=1S/C29H33NO9/c1-15(31)36-14-28(4)20-12-21(33)29(5)25(27(20,3)9-8-22(28)37-16(2)32)24(34)23-19(39-29)11-18(38-26(23)35)17-7-6-10-30-13-17/h6-7,10-11,13,20,22,24-25,34H,8-9,12,14H2,1-5H3/t20?,22-,24-,25?,27-,28-,29+/m0/s1. The number of fused-ring (bicyclic) bond motifs is 4. The van der Waals surface area contributed by atoms with E-state index in [1.807, 2.05) is 13.8 Å². The molecule has 0 saturated heterocycles. The van der Waals surface area contributed by atoms with Gasteiger partial charge in [-0.15, -0.1) is 0 Å². The number of ether oxygens (including phenoxy) is 3. The van der Waals surface area contributed by atoms with Gasteiger partial charge in [-0.1, -0.05) is 13.8 Å². The zero-order valence-corrected chi connectivity index (χ0v) is 22.7. The van der Waals surface area contributed by atoms with Gasteiger partial charge in [-0.3, -0.25) is 19.4 Å². The SMILES string of the molecule is CC(=O)OC[C@@]1(C)C2CC(=O)[C@@]3(C)Oc4cc(-c5cccnc5)oc(=O)c4[C@H](O)C3[C@@]2(C)CC[C@@H]1OC(C)=O. The smallest absolute Gasteiger partial charge is 0.345 e. The van der Waals surface area contributed by atoms with Crippen LogP contribution >= 0.6 is 0 Å². The number of esters is 2. The van der Waals surface area contributed by atoms with Crippen LogP contribution in [-0.4, -0.2) is 46.1 Å². The summed E-state index contributed by atoms with van der Waals surface area (Å²) in [7, 11) is 0. The van der Waals surface area contributed by atoms with E-state index < -0.39 is 58.0 Å². The van der Waals surface area contributed by atoms with E-state index >= 15 is 0 Å². The summed E-state index contributed by atoms with van der Waals surface area (Å²) in [5, 5.41) is 11.8. The first-order valence-electron chi connectivity index (χ1n) is 13.1. The third-order valence-corrected chi connectivity index (χ3v) is 9.24. The summed E-state index contributed by atoms with van der Waals surface area (Å²) in [5.74, 6) is -2.17. The fraction of sp³-hybridized carbons (Fsp3) is 0.552. The van der Waals surface area contributed by atoms with Gasteiger partial charge in [0.1, 0.15) is 29.8 Å². The van der Waals surface area contributed by atoms with E-state index in [-0.39, 0.29) is 35.9 Å². The van der Waals surface area contributed by atoms with Crippen LogP contribution in [0.2, 0.25) is 0 Å². The summed E-state index contributed by atoms with van der Waals surface area (Å²) < 4.78 is 23.1. The quantitative estimate of drug-likeness (QED) is 0.575. The number of carbonyl (C=O) groups excluding carboxylic acids is 3. The van der Waals surface area contributed by atoms with Crippen LogP contribution in [0.15, 0.2) is 39.8 Å². The summed E-state index contributed by atoms with van der Waals surface area (Å²) in [6.45, 7) is 8.02. The lowest BCUT2D eigenvalue weighted by Crippen LogP contribution is -2.69. The molecule has 3 aliphatic rings. The molecule has 2 aliphatic carbocycles. The summed E-state index contributed by atoms with van der Waals surface area (Å²) in [6, 6.07) is 4.94. The van der Waals surface area contributed by atoms with Gasteiger partial charge in [0.05, 0.1) is 6.10 Å². The highest BCUT2D eigenvalue weighted by Crippen LogP contribution is 2.66. The zero-order valence-electron chi connectivity index (χ0n) is 22.7. The van der Waals surface area contributed by atoms with Crippen molar-refractivity contribution in [3.8, 4) is 17.1 Å². The number of hydrogen-bond acceptors (Lipinski definition) is 10. The maximum Gasteiger partial charge on any atom is 0.345 e. The molecule has 3 heterocycles. The minimum Gasteiger partial charge on any atom is -0.479 e. The Labute approximate surface area is 225 Å². The molecule has 2 aromatic heterocycles. The van der Waals surface area contributed by atoms with Crippen LogP contribution in [0.1, 0.15) is 65.5 Å². The first-order chi connectivity index (χ1) is 18.3. The van der Waals surface area contributed by atoms with E-state index in [2.05, 4.69) is 4.98 Å². The van der Waals surface area contributed by atoms with Crippen molar-refractivity contribution >= 4 is 17.7 Å². The molecular weight excluding hydrogens is 506 g/mol. The molecule has 0 radical (unpaired) electrons. The molecule has 1 aliphatic heterocycles. The van der Waals surface area contributed by atoms with Gasteiger partial charge in [-0.05, 0) is 43.2 Å². The fourth-order valence-electron chi connectivity index (χ4n) is 7.46. The fourth-order valence-corrected chi connectivity index (χ4v) is 7.46. The lowest BCUT2D eigenvalue weighted by Gasteiger charge is -2.64. The molecule has 0 aromatic carbocycles. The average Bonchev–Trinajstić information content (AvgIpc) is 2.86. The van der Waals surface area contributed by atoms with E-state index in [1.54, 1.807) is 25.3 Å². The van der Waals surface area contributed by atoms with Crippen LogP contribution in [0, 0.1) is 22.7 Å². The van der Waals surface area contributed by atoms with Crippen molar-refractivity contribution in [3.05, 3.63) is 46.6 Å². The molecule has 7 atom stereocenters. The normalized spacial score (nSPS) is 35.1. The topological polar surface area (TPSA) is 142 Å². The van der Waals surface area contributed by atoms with Crippen molar-refractivity contribution in [1.29, 1.82) is 0 Å². The van der Waals surface area contributed by atoms with E-state index in [0.29, 0.717) is 18.4 Å². The number of aliphatic hydroxyl groups excluding tert-OH is 1. The van der Waals surface area contributed by atoms with Crippen molar-refractivity contribution in [2.75, 3.05) is 6.61 Å². The molecule has 0 amide bonds. The number of pyridine rings is 1. The van der Waals surface area contributed by atoms with E-state index in [9.17, 15) is 24.3 Å². The van der Waals surface area contributed by atoms with Crippen LogP contribution in [0.4, 0.5) is 0 Å². The Morgan fingerprint density at radius 3 is 2.56 bits per heavy atom. The van der Waals surface area contributed by atoms with Crippen LogP contribution in [0.25, 0.3) is 11.3 Å². The second-order valence-electron chi connectivity index (χ2n) is 11.7. The number of aromatic nitrogens is 1. The number of aliphatic hydroxyl groups is 1. The number of rotatable bonds is 4. The molecule has 2 saturated carbocycles. The minimum atomic E-state index is -1.44. The summed E-state index contributed by atoms with van der Waals surface area (Å²) in [6.07, 6.45) is 2.11. The van der Waals surface area contributed by atoms with Crippen molar-refractivity contribution in [2.45, 2.75) is 71.7 Å². The Hall–Kier alpha value is -3.53. The van der Waals surface area contributed by atoms with Gasteiger partial charge >= 0.3 is 17.6 Å². The Bertz CT molecular complexity index is 1390. The molecule has 39 heavy (non-hydrogen) atoms. The molecule has 208 valence electrons. The first-order valence-corrected chi connectivity index (χ1v) is 13.1. The number of carbonyl (C=O) groups is 3. The Kier molecular flexibility index (Phi) is 6.44. The lowest BCUT2D eigenvalue weighted by molar-refractivity contribution is -0.231. The Balaban J connectivity index is 1.61. The van der Waals surface area contributed by atoms with Gasteiger partial charge < -0.3 is 23.7 Å². The molecule has 5 rings (SSSR count). The molecule has 10 nitrogen and oxygen atoms in total. The third kappa shape index (κ3) is 4.16. The van der Waals surface area contributed by atoms with Crippen LogP contribution in [0.3, 0.4) is 0 Å². The molecule has 1 N–H and O–H groups in total. The molecule has 2 aromatic rings.